The maximum Gasteiger partial charge on any atom is 0.274 e. The lowest BCUT2D eigenvalue weighted by Gasteiger charge is -1.97. The lowest BCUT2D eigenvalue weighted by Crippen LogP contribution is -2.11. The minimum absolute atomic E-state index is 0.192. The van der Waals surface area contributed by atoms with E-state index in [9.17, 15) is 4.79 Å². The van der Waals surface area contributed by atoms with Gasteiger partial charge >= 0.3 is 0 Å². The van der Waals surface area contributed by atoms with Gasteiger partial charge in [-0.1, -0.05) is 0 Å². The number of fused-ring (bicyclic) bond motifs is 1. The minimum Gasteiger partial charge on any atom is -0.381 e. The van der Waals surface area contributed by atoms with Crippen molar-refractivity contribution < 1.29 is 0 Å². The molecular formula is C8H10N4O. The molecular weight excluding hydrogens is 168 g/mol. The summed E-state index contributed by atoms with van der Waals surface area (Å²) in [5.41, 5.74) is 7.05. The number of nitrogen functional groups attached to an aromatic ring is 1. The summed E-state index contributed by atoms with van der Waals surface area (Å²) in [7, 11) is 1.84. The van der Waals surface area contributed by atoms with E-state index in [2.05, 4.69) is 10.2 Å². The van der Waals surface area contributed by atoms with Crippen LogP contribution in [-0.2, 0) is 7.05 Å². The van der Waals surface area contributed by atoms with Crippen molar-refractivity contribution >= 4 is 16.7 Å². The molecule has 0 saturated heterocycles. The molecule has 0 aliphatic rings. The molecule has 2 rings (SSSR count). The van der Waals surface area contributed by atoms with E-state index >= 15 is 0 Å². The van der Waals surface area contributed by atoms with Gasteiger partial charge in [0, 0.05) is 13.2 Å². The van der Waals surface area contributed by atoms with Crippen molar-refractivity contribution in [3.63, 3.8) is 0 Å². The molecule has 2 heterocycles. The first kappa shape index (κ1) is 7.85. The van der Waals surface area contributed by atoms with E-state index in [0.717, 1.165) is 5.56 Å². The number of anilines is 1. The zero-order valence-corrected chi connectivity index (χ0v) is 7.46. The first-order valence-electron chi connectivity index (χ1n) is 3.91. The number of aromatic nitrogens is 3. The maximum atomic E-state index is 11.4. The van der Waals surface area contributed by atoms with E-state index in [4.69, 9.17) is 5.73 Å². The zero-order valence-electron chi connectivity index (χ0n) is 7.46. The summed E-state index contributed by atoms with van der Waals surface area (Å²) in [5, 5.41) is 6.67. The van der Waals surface area contributed by atoms with Crippen molar-refractivity contribution in [3.8, 4) is 0 Å². The van der Waals surface area contributed by atoms with Crippen LogP contribution in [0, 0.1) is 6.92 Å². The molecule has 0 bridgehead atoms. The van der Waals surface area contributed by atoms with Gasteiger partial charge in [-0.25, -0.2) is 5.10 Å². The first-order chi connectivity index (χ1) is 6.11. The fraction of sp³-hybridized carbons (Fsp3) is 0.250. The Morgan fingerprint density at radius 2 is 2.31 bits per heavy atom. The monoisotopic (exact) mass is 178 g/mol. The SMILES string of the molecule is Cc1cn(C)c2c(N)n[nH]c(=O)c12. The third kappa shape index (κ3) is 0.932. The van der Waals surface area contributed by atoms with Crippen LogP contribution >= 0.6 is 0 Å². The number of nitrogens with one attached hydrogen (secondary N) is 1. The number of hydrogen-bond donors (Lipinski definition) is 2. The molecule has 0 aliphatic carbocycles. The number of aryl methyl sites for hydroxylation is 2. The van der Waals surface area contributed by atoms with Crippen LogP contribution in [0.25, 0.3) is 10.9 Å². The average Bonchev–Trinajstić information content (AvgIpc) is 2.36. The summed E-state index contributed by atoms with van der Waals surface area (Å²) >= 11 is 0. The Balaban J connectivity index is 3.12. The molecule has 3 N–H and O–H groups in total. The highest BCUT2D eigenvalue weighted by Crippen LogP contribution is 2.18. The summed E-state index contributed by atoms with van der Waals surface area (Å²) in [4.78, 5) is 11.4. The van der Waals surface area contributed by atoms with Crippen LogP contribution in [0.5, 0.6) is 0 Å². The Bertz CT molecular complexity index is 523. The van der Waals surface area contributed by atoms with Crippen molar-refractivity contribution in [1.82, 2.24) is 14.8 Å². The van der Waals surface area contributed by atoms with E-state index < -0.39 is 0 Å². The lowest BCUT2D eigenvalue weighted by atomic mass is 10.2. The highest BCUT2D eigenvalue weighted by molar-refractivity contribution is 5.89. The lowest BCUT2D eigenvalue weighted by molar-refractivity contribution is 0.948. The fourth-order valence-electron chi connectivity index (χ4n) is 1.60. The van der Waals surface area contributed by atoms with Gasteiger partial charge in [0.2, 0.25) is 0 Å². The van der Waals surface area contributed by atoms with Crippen LogP contribution in [0.2, 0.25) is 0 Å². The van der Waals surface area contributed by atoms with Crippen molar-refractivity contribution in [3.05, 3.63) is 22.1 Å². The van der Waals surface area contributed by atoms with Gasteiger partial charge in [-0.2, -0.15) is 5.10 Å². The van der Waals surface area contributed by atoms with Gasteiger partial charge < -0.3 is 10.3 Å². The molecule has 0 fully saturated rings. The molecule has 0 atom stereocenters. The number of aromatic amines is 1. The fourth-order valence-corrected chi connectivity index (χ4v) is 1.60. The van der Waals surface area contributed by atoms with Gasteiger partial charge in [0.15, 0.2) is 5.82 Å². The molecule has 5 nitrogen and oxygen atoms in total. The van der Waals surface area contributed by atoms with E-state index in [0.29, 0.717) is 16.7 Å². The van der Waals surface area contributed by atoms with Crippen LogP contribution in [0.1, 0.15) is 5.56 Å². The Kier molecular flexibility index (Phi) is 1.42. The van der Waals surface area contributed by atoms with Crippen LogP contribution in [-0.4, -0.2) is 14.8 Å². The van der Waals surface area contributed by atoms with Crippen LogP contribution in [0.3, 0.4) is 0 Å². The van der Waals surface area contributed by atoms with Crippen LogP contribution < -0.4 is 11.3 Å². The minimum atomic E-state index is -0.192. The molecule has 0 spiro atoms. The molecule has 2 aromatic rings. The highest BCUT2D eigenvalue weighted by Gasteiger charge is 2.10. The second-order valence-electron chi connectivity index (χ2n) is 3.08. The second kappa shape index (κ2) is 2.35. The summed E-state index contributed by atoms with van der Waals surface area (Å²) in [6, 6.07) is 0. The van der Waals surface area contributed by atoms with Gasteiger partial charge in [0.25, 0.3) is 5.56 Å². The van der Waals surface area contributed by atoms with E-state index in [1.807, 2.05) is 24.7 Å². The maximum absolute atomic E-state index is 11.4. The van der Waals surface area contributed by atoms with E-state index in [-0.39, 0.29) is 5.56 Å². The van der Waals surface area contributed by atoms with Gasteiger partial charge in [-0.3, -0.25) is 4.79 Å². The molecule has 0 amide bonds. The number of hydrogen-bond acceptors (Lipinski definition) is 3. The Morgan fingerprint density at radius 1 is 1.62 bits per heavy atom. The quantitative estimate of drug-likeness (QED) is 0.603. The Labute approximate surface area is 74.2 Å². The van der Waals surface area contributed by atoms with Crippen molar-refractivity contribution in [2.24, 2.45) is 7.05 Å². The standard InChI is InChI=1S/C8H10N4O/c1-4-3-12(2)6-5(4)8(13)11-10-7(6)9/h3H,1-2H3,(H2,9,10)(H,11,13). The number of H-pyrrole nitrogens is 1. The van der Waals surface area contributed by atoms with Gasteiger partial charge in [0.1, 0.15) is 0 Å². The average molecular weight is 178 g/mol. The van der Waals surface area contributed by atoms with Crippen LogP contribution in [0.4, 0.5) is 5.82 Å². The predicted molar refractivity (Wildman–Crippen MR) is 50.5 cm³/mol. The van der Waals surface area contributed by atoms with Crippen molar-refractivity contribution in [1.29, 1.82) is 0 Å². The first-order valence-corrected chi connectivity index (χ1v) is 3.91. The zero-order chi connectivity index (χ0) is 9.59. The Hall–Kier alpha value is -1.78. The third-order valence-electron chi connectivity index (χ3n) is 2.12. The van der Waals surface area contributed by atoms with E-state index in [1.165, 1.54) is 0 Å². The third-order valence-corrected chi connectivity index (χ3v) is 2.12. The molecule has 13 heavy (non-hydrogen) atoms. The largest absolute Gasteiger partial charge is 0.381 e. The molecule has 0 aromatic carbocycles. The highest BCUT2D eigenvalue weighted by atomic mass is 16.1. The smallest absolute Gasteiger partial charge is 0.274 e. The number of rotatable bonds is 0. The Morgan fingerprint density at radius 3 is 2.92 bits per heavy atom. The van der Waals surface area contributed by atoms with Gasteiger partial charge in [-0.15, -0.1) is 0 Å². The molecule has 0 radical (unpaired) electrons. The van der Waals surface area contributed by atoms with Gasteiger partial charge in [-0.05, 0) is 12.5 Å². The number of nitrogens with two attached hydrogens (primary N) is 1. The normalized spacial score (nSPS) is 10.9. The van der Waals surface area contributed by atoms with Crippen molar-refractivity contribution in [2.45, 2.75) is 6.92 Å². The molecule has 0 aliphatic heterocycles. The summed E-state index contributed by atoms with van der Waals surface area (Å²) < 4.78 is 1.81. The molecule has 0 unspecified atom stereocenters. The summed E-state index contributed by atoms with van der Waals surface area (Å²) in [5.74, 6) is 0.352. The topological polar surface area (TPSA) is 76.7 Å². The van der Waals surface area contributed by atoms with Crippen LogP contribution in [0.15, 0.2) is 11.0 Å². The molecule has 5 heteroatoms. The molecule has 2 aromatic heterocycles. The molecule has 0 saturated carbocycles. The molecule has 68 valence electrons. The second-order valence-corrected chi connectivity index (χ2v) is 3.08. The summed E-state index contributed by atoms with van der Waals surface area (Å²) in [6.45, 7) is 1.87. The van der Waals surface area contributed by atoms with Crippen molar-refractivity contribution in [2.75, 3.05) is 5.73 Å². The predicted octanol–water partition coefficient (Wildman–Crippen LogP) is 0.152. The number of nitrogens with zero attached hydrogens (tertiary/aromatic N) is 2. The summed E-state index contributed by atoms with van der Waals surface area (Å²) in [6.07, 6.45) is 1.86. The van der Waals surface area contributed by atoms with E-state index in [1.54, 1.807) is 0 Å². The van der Waals surface area contributed by atoms with Gasteiger partial charge in [0.05, 0.1) is 10.9 Å².